The molecule has 114 valence electrons. The monoisotopic (exact) mass is 277 g/mol. The quantitative estimate of drug-likeness (QED) is 0.894. The zero-order chi connectivity index (χ0) is 14.7. The second-order valence-corrected chi connectivity index (χ2v) is 6.74. The maximum Gasteiger partial charge on any atom is 0.0628 e. The molecule has 1 aromatic rings. The predicted octanol–water partition coefficient (Wildman–Crippen LogP) is 3.38. The number of nitrogens with zero attached hydrogens (tertiary/aromatic N) is 2. The average Bonchev–Trinajstić information content (AvgIpc) is 2.65. The summed E-state index contributed by atoms with van der Waals surface area (Å²) in [7, 11) is 4.18. The van der Waals surface area contributed by atoms with Gasteiger partial charge in [0.1, 0.15) is 0 Å². The molecule has 1 saturated carbocycles. The van der Waals surface area contributed by atoms with E-state index in [-0.39, 0.29) is 0 Å². The van der Waals surface area contributed by atoms with Crippen LogP contribution in [0.25, 0.3) is 0 Å². The van der Waals surface area contributed by atoms with Crippen LogP contribution in [0.5, 0.6) is 0 Å². The lowest BCUT2D eigenvalue weighted by Crippen LogP contribution is -2.36. The van der Waals surface area contributed by atoms with Gasteiger partial charge in [-0.1, -0.05) is 19.8 Å². The third kappa shape index (κ3) is 3.43. The van der Waals surface area contributed by atoms with Crippen LogP contribution in [0.1, 0.15) is 56.0 Å². The second-order valence-electron chi connectivity index (χ2n) is 6.74. The average molecular weight is 277 g/mol. The Balaban J connectivity index is 1.96. The zero-order valence-corrected chi connectivity index (χ0v) is 13.9. The number of rotatable bonds is 5. The van der Waals surface area contributed by atoms with E-state index in [0.717, 1.165) is 18.3 Å². The predicted molar refractivity (Wildman–Crippen MR) is 85.0 cm³/mol. The molecule has 1 heterocycles. The van der Waals surface area contributed by atoms with Gasteiger partial charge < -0.3 is 5.32 Å². The summed E-state index contributed by atoms with van der Waals surface area (Å²) >= 11 is 0. The van der Waals surface area contributed by atoms with Crippen LogP contribution in [0.2, 0.25) is 0 Å². The van der Waals surface area contributed by atoms with Gasteiger partial charge in [-0.15, -0.1) is 0 Å². The maximum absolute atomic E-state index is 4.54. The van der Waals surface area contributed by atoms with E-state index in [0.29, 0.717) is 6.04 Å². The number of nitrogens with one attached hydrogen (secondary N) is 1. The van der Waals surface area contributed by atoms with Gasteiger partial charge in [-0.25, -0.2) is 0 Å². The van der Waals surface area contributed by atoms with Crippen molar-refractivity contribution in [2.75, 3.05) is 7.05 Å². The molecule has 3 nitrogen and oxygen atoms in total. The Morgan fingerprint density at radius 2 is 2.10 bits per heavy atom. The van der Waals surface area contributed by atoms with Crippen molar-refractivity contribution in [1.82, 2.24) is 15.1 Å². The number of hydrogen-bond acceptors (Lipinski definition) is 2. The molecule has 0 spiro atoms. The largest absolute Gasteiger partial charge is 0.317 e. The second kappa shape index (κ2) is 6.75. The zero-order valence-electron chi connectivity index (χ0n) is 13.9. The Morgan fingerprint density at radius 1 is 1.35 bits per heavy atom. The molecule has 1 aliphatic rings. The Morgan fingerprint density at radius 3 is 2.65 bits per heavy atom. The highest BCUT2D eigenvalue weighted by Gasteiger charge is 2.26. The summed E-state index contributed by atoms with van der Waals surface area (Å²) in [4.78, 5) is 0. The molecule has 0 aromatic carbocycles. The van der Waals surface area contributed by atoms with Crippen molar-refractivity contribution < 1.29 is 0 Å². The summed E-state index contributed by atoms with van der Waals surface area (Å²) in [6, 6.07) is 0.664. The first-order valence-electron chi connectivity index (χ1n) is 8.19. The van der Waals surface area contributed by atoms with Crippen LogP contribution in [-0.2, 0) is 13.5 Å². The summed E-state index contributed by atoms with van der Waals surface area (Å²) in [6.07, 6.45) is 8.03. The van der Waals surface area contributed by atoms with E-state index in [4.69, 9.17) is 0 Å². The van der Waals surface area contributed by atoms with E-state index >= 15 is 0 Å². The highest BCUT2D eigenvalue weighted by molar-refractivity contribution is 5.24. The van der Waals surface area contributed by atoms with Crippen LogP contribution in [0.4, 0.5) is 0 Å². The number of aromatic nitrogens is 2. The van der Waals surface area contributed by atoms with E-state index in [2.05, 4.69) is 38.2 Å². The molecule has 2 rings (SSSR count). The Bertz CT molecular complexity index is 436. The molecule has 0 radical (unpaired) electrons. The molecule has 1 aliphatic carbocycles. The molecular formula is C17H31N3. The lowest BCUT2D eigenvalue weighted by Gasteiger charge is -2.33. The molecule has 1 aromatic heterocycles. The van der Waals surface area contributed by atoms with Crippen LogP contribution in [-0.4, -0.2) is 22.9 Å². The number of aryl methyl sites for hydroxylation is 2. The Hall–Kier alpha value is -0.830. The summed E-state index contributed by atoms with van der Waals surface area (Å²) in [5.74, 6) is 1.77. The van der Waals surface area contributed by atoms with Gasteiger partial charge in [0.15, 0.2) is 0 Å². The Kier molecular flexibility index (Phi) is 5.25. The van der Waals surface area contributed by atoms with Crippen LogP contribution in [0, 0.1) is 25.7 Å². The van der Waals surface area contributed by atoms with Crippen molar-refractivity contribution in [2.45, 2.75) is 65.3 Å². The molecule has 1 fully saturated rings. The van der Waals surface area contributed by atoms with Crippen molar-refractivity contribution in [1.29, 1.82) is 0 Å². The van der Waals surface area contributed by atoms with Crippen LogP contribution in [0.15, 0.2) is 0 Å². The van der Waals surface area contributed by atoms with E-state index < -0.39 is 0 Å². The fourth-order valence-electron chi connectivity index (χ4n) is 3.94. The van der Waals surface area contributed by atoms with Crippen LogP contribution >= 0.6 is 0 Å². The van der Waals surface area contributed by atoms with E-state index in [1.165, 1.54) is 49.1 Å². The van der Waals surface area contributed by atoms with Gasteiger partial charge in [-0.2, -0.15) is 5.10 Å². The molecule has 0 amide bonds. The first-order valence-corrected chi connectivity index (χ1v) is 8.19. The SMILES string of the molecule is CNC(CCc1c(C)nn(C)c1C)C1CCCC(C)C1. The topological polar surface area (TPSA) is 29.9 Å². The standard InChI is InChI=1S/C17H31N3/c1-12-7-6-8-15(11-12)17(18-4)10-9-16-13(2)19-20(5)14(16)3/h12,15,17-18H,6-11H2,1-5H3. The van der Waals surface area contributed by atoms with E-state index in [1.54, 1.807) is 0 Å². The summed E-state index contributed by atoms with van der Waals surface area (Å²) in [6.45, 7) is 6.74. The molecule has 3 unspecified atom stereocenters. The first-order chi connectivity index (χ1) is 9.52. The molecule has 1 N–H and O–H groups in total. The van der Waals surface area contributed by atoms with E-state index in [9.17, 15) is 0 Å². The van der Waals surface area contributed by atoms with Crippen molar-refractivity contribution in [3.05, 3.63) is 17.0 Å². The molecular weight excluding hydrogens is 246 g/mol. The van der Waals surface area contributed by atoms with Gasteiger partial charge in [0, 0.05) is 18.8 Å². The van der Waals surface area contributed by atoms with E-state index in [1.807, 2.05) is 11.7 Å². The molecule has 20 heavy (non-hydrogen) atoms. The minimum absolute atomic E-state index is 0.664. The lowest BCUT2D eigenvalue weighted by molar-refractivity contribution is 0.221. The van der Waals surface area contributed by atoms with Gasteiger partial charge in [-0.05, 0) is 64.0 Å². The van der Waals surface area contributed by atoms with Gasteiger partial charge in [-0.3, -0.25) is 4.68 Å². The molecule has 3 heteroatoms. The molecule has 0 saturated heterocycles. The van der Waals surface area contributed by atoms with Crippen molar-refractivity contribution >= 4 is 0 Å². The Labute approximate surface area is 124 Å². The third-order valence-corrected chi connectivity index (χ3v) is 5.28. The maximum atomic E-state index is 4.54. The normalized spacial score (nSPS) is 24.9. The van der Waals surface area contributed by atoms with Gasteiger partial charge in [0.2, 0.25) is 0 Å². The van der Waals surface area contributed by atoms with Crippen molar-refractivity contribution in [3.8, 4) is 0 Å². The molecule has 0 aliphatic heterocycles. The highest BCUT2D eigenvalue weighted by atomic mass is 15.3. The van der Waals surface area contributed by atoms with Crippen LogP contribution in [0.3, 0.4) is 0 Å². The minimum atomic E-state index is 0.664. The van der Waals surface area contributed by atoms with Crippen LogP contribution < -0.4 is 5.32 Å². The minimum Gasteiger partial charge on any atom is -0.317 e. The lowest BCUT2D eigenvalue weighted by atomic mass is 9.77. The fourth-order valence-corrected chi connectivity index (χ4v) is 3.94. The van der Waals surface area contributed by atoms with Gasteiger partial charge in [0.05, 0.1) is 5.69 Å². The number of hydrogen-bond donors (Lipinski definition) is 1. The molecule has 3 atom stereocenters. The highest BCUT2D eigenvalue weighted by Crippen LogP contribution is 2.32. The summed E-state index contributed by atoms with van der Waals surface area (Å²) < 4.78 is 2.02. The summed E-state index contributed by atoms with van der Waals surface area (Å²) in [5.41, 5.74) is 3.99. The third-order valence-electron chi connectivity index (χ3n) is 5.28. The van der Waals surface area contributed by atoms with Gasteiger partial charge >= 0.3 is 0 Å². The molecule has 0 bridgehead atoms. The fraction of sp³-hybridized carbons (Fsp3) is 0.824. The van der Waals surface area contributed by atoms with Crippen molar-refractivity contribution in [3.63, 3.8) is 0 Å². The van der Waals surface area contributed by atoms with Crippen molar-refractivity contribution in [2.24, 2.45) is 18.9 Å². The first kappa shape index (κ1) is 15.6. The smallest absolute Gasteiger partial charge is 0.0628 e. The van der Waals surface area contributed by atoms with Gasteiger partial charge in [0.25, 0.3) is 0 Å². The summed E-state index contributed by atoms with van der Waals surface area (Å²) in [5, 5.41) is 8.12.